The van der Waals surface area contributed by atoms with Crippen molar-refractivity contribution < 1.29 is 47.6 Å². The van der Waals surface area contributed by atoms with Crippen molar-refractivity contribution in [2.24, 2.45) is 5.92 Å². The molecule has 0 aliphatic heterocycles. The Morgan fingerprint density at radius 1 is 1.62 bits per heavy atom. The van der Waals surface area contributed by atoms with Gasteiger partial charge in [-0.25, -0.2) is 8.42 Å². The molecule has 1 aliphatic rings. The summed E-state index contributed by atoms with van der Waals surface area (Å²) in [4.78, 5) is -1.98. The number of hydrogen-bond acceptors (Lipinski definition) is 4. The van der Waals surface area contributed by atoms with Gasteiger partial charge in [0.1, 0.15) is 10.1 Å². The molecule has 0 aromatic carbocycles. The zero-order valence-electron chi connectivity index (χ0n) is 7.99. The number of aliphatic hydroxyl groups is 1. The average molecular weight is 216 g/mol. The molecule has 0 heterocycles. The van der Waals surface area contributed by atoms with Gasteiger partial charge < -0.3 is 9.66 Å². The summed E-state index contributed by atoms with van der Waals surface area (Å²) in [5.74, 6) is 0.179. The predicted molar refractivity (Wildman–Crippen MR) is 42.3 cm³/mol. The second-order valence-corrected chi connectivity index (χ2v) is 5.09. The summed E-state index contributed by atoms with van der Waals surface area (Å²) in [5, 5.41) is 9.43. The second-order valence-electron chi connectivity index (χ2n) is 3.42. The molecule has 1 aliphatic carbocycles. The molecule has 0 aromatic rings. The zero-order chi connectivity index (χ0) is 9.41. The van der Waals surface area contributed by atoms with Crippen LogP contribution in [0.4, 0.5) is 0 Å². The van der Waals surface area contributed by atoms with E-state index in [0.717, 1.165) is 6.42 Å². The Hall–Kier alpha value is 0.870. The van der Waals surface area contributed by atoms with Gasteiger partial charge in [0.15, 0.2) is 4.93 Å². The second kappa shape index (κ2) is 4.59. The fourth-order valence-corrected chi connectivity index (χ4v) is 2.47. The van der Waals surface area contributed by atoms with Gasteiger partial charge in [0, 0.05) is 0 Å². The molecule has 4 nitrogen and oxygen atoms in total. The van der Waals surface area contributed by atoms with E-state index in [4.69, 9.17) is 0 Å². The fraction of sp³-hybridized carbons (Fsp3) is 1.00. The Balaban J connectivity index is 0.00000144. The molecular formula is C7H13NaO4S. The quantitative estimate of drug-likeness (QED) is 0.407. The maximum atomic E-state index is 10.6. The van der Waals surface area contributed by atoms with E-state index in [1.54, 1.807) is 0 Å². The van der Waals surface area contributed by atoms with E-state index in [0.29, 0.717) is 6.42 Å². The van der Waals surface area contributed by atoms with Crippen molar-refractivity contribution in [3.63, 3.8) is 0 Å². The van der Waals surface area contributed by atoms with Gasteiger partial charge in [-0.3, -0.25) is 0 Å². The first kappa shape index (κ1) is 13.9. The van der Waals surface area contributed by atoms with Crippen molar-refractivity contribution in [3.05, 3.63) is 0 Å². The maximum Gasteiger partial charge on any atom is 1.00 e. The van der Waals surface area contributed by atoms with E-state index >= 15 is 0 Å². The summed E-state index contributed by atoms with van der Waals surface area (Å²) in [5.41, 5.74) is 0. The minimum atomic E-state index is -4.54. The van der Waals surface area contributed by atoms with Crippen molar-refractivity contribution in [2.45, 2.75) is 37.5 Å². The van der Waals surface area contributed by atoms with Gasteiger partial charge in [-0.1, -0.05) is 13.3 Å². The van der Waals surface area contributed by atoms with Crippen LogP contribution in [0.25, 0.3) is 0 Å². The zero-order valence-corrected chi connectivity index (χ0v) is 10.8. The molecule has 0 saturated heterocycles. The molecule has 0 bridgehead atoms. The van der Waals surface area contributed by atoms with Gasteiger partial charge in [-0.2, -0.15) is 0 Å². The minimum absolute atomic E-state index is 0. The van der Waals surface area contributed by atoms with Gasteiger partial charge >= 0.3 is 29.6 Å². The van der Waals surface area contributed by atoms with E-state index in [2.05, 4.69) is 0 Å². The molecule has 1 rings (SSSR count). The van der Waals surface area contributed by atoms with Gasteiger partial charge in [0.05, 0.1) is 0 Å². The Bertz CT molecular complexity index is 264. The molecule has 2 atom stereocenters. The van der Waals surface area contributed by atoms with E-state index in [1.807, 2.05) is 6.92 Å². The van der Waals surface area contributed by atoms with Gasteiger partial charge in [0.25, 0.3) is 0 Å². The first-order valence-corrected chi connectivity index (χ1v) is 5.47. The molecule has 6 heteroatoms. The van der Waals surface area contributed by atoms with Crippen LogP contribution in [0.1, 0.15) is 32.6 Å². The minimum Gasteiger partial charge on any atom is -0.746 e. The van der Waals surface area contributed by atoms with Crippen LogP contribution in [-0.2, 0) is 10.1 Å². The normalized spacial score (nSPS) is 34.2. The van der Waals surface area contributed by atoms with Crippen molar-refractivity contribution >= 4 is 10.1 Å². The molecule has 1 N–H and O–H groups in total. The summed E-state index contributed by atoms with van der Waals surface area (Å²) in [6, 6.07) is 0. The Morgan fingerprint density at radius 2 is 2.15 bits per heavy atom. The number of rotatable bonds is 2. The third-order valence-corrected chi connectivity index (χ3v) is 3.90. The molecule has 0 amide bonds. The summed E-state index contributed by atoms with van der Waals surface area (Å²) in [6.45, 7) is 1.92. The Kier molecular flexibility index (Phi) is 4.90. The molecule has 2 unspecified atom stereocenters. The van der Waals surface area contributed by atoms with Crippen LogP contribution in [0.5, 0.6) is 0 Å². The fourth-order valence-electron chi connectivity index (χ4n) is 1.66. The smallest absolute Gasteiger partial charge is 0.746 e. The molecule has 0 radical (unpaired) electrons. The van der Waals surface area contributed by atoms with E-state index in [1.165, 1.54) is 0 Å². The Morgan fingerprint density at radius 3 is 2.38 bits per heavy atom. The van der Waals surface area contributed by atoms with Crippen LogP contribution in [0, 0.1) is 5.92 Å². The average Bonchev–Trinajstić information content (AvgIpc) is 2.31. The SMILES string of the molecule is CCC1CCC(O)(S(=O)(=O)[O-])C1.[Na+]. The van der Waals surface area contributed by atoms with Crippen LogP contribution in [0.3, 0.4) is 0 Å². The topological polar surface area (TPSA) is 77.4 Å². The van der Waals surface area contributed by atoms with E-state index in [-0.39, 0.29) is 48.3 Å². The third kappa shape index (κ3) is 2.91. The van der Waals surface area contributed by atoms with Crippen LogP contribution >= 0.6 is 0 Å². The Labute approximate surface area is 101 Å². The van der Waals surface area contributed by atoms with Crippen LogP contribution < -0.4 is 29.6 Å². The first-order valence-electron chi connectivity index (χ1n) is 4.07. The summed E-state index contributed by atoms with van der Waals surface area (Å²) in [7, 11) is -4.54. The molecule has 1 fully saturated rings. The van der Waals surface area contributed by atoms with E-state index in [9.17, 15) is 18.1 Å². The van der Waals surface area contributed by atoms with Crippen molar-refractivity contribution in [1.29, 1.82) is 0 Å². The predicted octanol–water partition coefficient (Wildman–Crippen LogP) is -2.57. The summed E-state index contributed by atoms with van der Waals surface area (Å²) in [6.07, 6.45) is 1.65. The summed E-state index contributed by atoms with van der Waals surface area (Å²) < 4.78 is 31.8. The standard InChI is InChI=1S/C7H14O4S.Na/c1-2-6-3-4-7(8,5-6)12(9,10)11;/h6,8H,2-5H2,1H3,(H,9,10,11);/q;+1/p-1. The molecule has 72 valence electrons. The van der Waals surface area contributed by atoms with Crippen LogP contribution in [0.15, 0.2) is 0 Å². The van der Waals surface area contributed by atoms with Crippen molar-refractivity contribution in [3.8, 4) is 0 Å². The largest absolute Gasteiger partial charge is 1.00 e. The van der Waals surface area contributed by atoms with Crippen molar-refractivity contribution in [2.75, 3.05) is 0 Å². The monoisotopic (exact) mass is 216 g/mol. The third-order valence-electron chi connectivity index (χ3n) is 2.59. The number of hydrogen-bond donors (Lipinski definition) is 1. The van der Waals surface area contributed by atoms with Crippen LogP contribution in [-0.4, -0.2) is 23.0 Å². The van der Waals surface area contributed by atoms with Crippen molar-refractivity contribution in [1.82, 2.24) is 0 Å². The van der Waals surface area contributed by atoms with Crippen LogP contribution in [0.2, 0.25) is 0 Å². The molecule has 13 heavy (non-hydrogen) atoms. The molecular weight excluding hydrogens is 203 g/mol. The maximum absolute atomic E-state index is 10.6. The summed E-state index contributed by atoms with van der Waals surface area (Å²) >= 11 is 0. The molecule has 0 spiro atoms. The van der Waals surface area contributed by atoms with E-state index < -0.39 is 15.1 Å². The van der Waals surface area contributed by atoms with Gasteiger partial charge in [-0.15, -0.1) is 0 Å². The van der Waals surface area contributed by atoms with Gasteiger partial charge in [-0.05, 0) is 25.2 Å². The molecule has 1 saturated carbocycles. The first-order chi connectivity index (χ1) is 5.39. The molecule has 0 aromatic heterocycles. The van der Waals surface area contributed by atoms with Gasteiger partial charge in [0.2, 0.25) is 0 Å².